The van der Waals surface area contributed by atoms with Gasteiger partial charge in [0.2, 0.25) is 0 Å². The zero-order valence-electron chi connectivity index (χ0n) is 32.3. The number of hydrogen-bond donors (Lipinski definition) is 4. The van der Waals surface area contributed by atoms with Gasteiger partial charge in [-0.25, -0.2) is 9.59 Å². The number of aromatic hydroxyl groups is 2. The zero-order valence-corrected chi connectivity index (χ0v) is 32.3. The molecule has 0 radical (unpaired) electrons. The van der Waals surface area contributed by atoms with E-state index in [4.69, 9.17) is 5.11 Å². The molecule has 60 heavy (non-hydrogen) atoms. The molecule has 0 heterocycles. The van der Waals surface area contributed by atoms with Crippen molar-refractivity contribution < 1.29 is 30.0 Å². The number of benzene rings is 8. The van der Waals surface area contributed by atoms with E-state index < -0.39 is 11.9 Å². The Balaban J connectivity index is 0.000000182. The first-order valence-corrected chi connectivity index (χ1v) is 19.1. The lowest BCUT2D eigenvalue weighted by atomic mass is 10.0. The summed E-state index contributed by atoms with van der Waals surface area (Å²) in [6.07, 6.45) is 3.76. The van der Waals surface area contributed by atoms with E-state index in [1.54, 1.807) is 12.1 Å². The second-order valence-electron chi connectivity index (χ2n) is 13.6. The average molecular weight is 789 g/mol. The summed E-state index contributed by atoms with van der Waals surface area (Å²) >= 11 is 0. The first kappa shape index (κ1) is 39.9. The molecule has 0 aliphatic rings. The van der Waals surface area contributed by atoms with Crippen LogP contribution in [0.1, 0.15) is 31.8 Å². The van der Waals surface area contributed by atoms with Crippen LogP contribution in [0.25, 0.3) is 23.3 Å². The molecule has 0 aliphatic heterocycles. The minimum Gasteiger partial charge on any atom is -0.507 e. The van der Waals surface area contributed by atoms with Crippen LogP contribution in [0.2, 0.25) is 0 Å². The summed E-state index contributed by atoms with van der Waals surface area (Å²) in [4.78, 5) is 26.7. The van der Waals surface area contributed by atoms with Crippen molar-refractivity contribution in [1.82, 2.24) is 0 Å². The normalized spacial score (nSPS) is 10.7. The van der Waals surface area contributed by atoms with E-state index in [1.165, 1.54) is 24.3 Å². The molecule has 294 valence electrons. The van der Waals surface area contributed by atoms with Crippen molar-refractivity contribution in [2.24, 2.45) is 0 Å². The summed E-state index contributed by atoms with van der Waals surface area (Å²) in [5.74, 6) is -2.78. The fourth-order valence-corrected chi connectivity index (χ4v) is 6.65. The number of anilines is 6. The van der Waals surface area contributed by atoms with Crippen LogP contribution < -0.4 is 9.80 Å². The number of carboxylic acid groups (broad SMARTS) is 2. The standard InChI is InChI=1S/C27H21NO3.C25H19NO3/c29-26-19-21(15-18-25(26)27(30)31)12-11-20-13-16-24(17-14-20)28(22-7-3-1-4-8-22)23-9-5-2-6-10-23;27-24-16-13-19(17-23(24)25(28)29)18-11-14-22(15-12-18)26(20-7-3-1-4-8-20)21-9-5-2-6-10-21/h1-19,29H,(H,30,31);1-17,27H,(H,28,29). The highest BCUT2D eigenvalue weighted by Crippen LogP contribution is 2.37. The number of hydrogen-bond acceptors (Lipinski definition) is 6. The minimum atomic E-state index is -1.15. The Kier molecular flexibility index (Phi) is 12.4. The number of para-hydroxylation sites is 4. The molecule has 8 rings (SSSR count). The second-order valence-corrected chi connectivity index (χ2v) is 13.6. The molecule has 0 fully saturated rings. The first-order chi connectivity index (χ1) is 29.2. The number of carboxylic acids is 2. The molecule has 8 nitrogen and oxygen atoms in total. The summed E-state index contributed by atoms with van der Waals surface area (Å²) in [7, 11) is 0. The van der Waals surface area contributed by atoms with Crippen molar-refractivity contribution in [1.29, 1.82) is 0 Å². The number of rotatable bonds is 11. The average Bonchev–Trinajstić information content (AvgIpc) is 3.28. The van der Waals surface area contributed by atoms with E-state index >= 15 is 0 Å². The molecular formula is C52H40N2O6. The molecule has 0 amide bonds. The van der Waals surface area contributed by atoms with Crippen LogP contribution in [0.3, 0.4) is 0 Å². The van der Waals surface area contributed by atoms with E-state index in [-0.39, 0.29) is 22.6 Å². The van der Waals surface area contributed by atoms with Gasteiger partial charge in [0.05, 0.1) is 0 Å². The zero-order chi connectivity index (χ0) is 41.8. The molecular weight excluding hydrogens is 749 g/mol. The van der Waals surface area contributed by atoms with E-state index in [1.807, 2.05) is 121 Å². The molecule has 0 unspecified atom stereocenters. The predicted octanol–water partition coefficient (Wildman–Crippen LogP) is 13.0. The van der Waals surface area contributed by atoms with Gasteiger partial charge in [-0.2, -0.15) is 0 Å². The Morgan fingerprint density at radius 2 is 0.717 bits per heavy atom. The summed E-state index contributed by atoms with van der Waals surface area (Å²) in [5.41, 5.74) is 9.38. The van der Waals surface area contributed by atoms with E-state index in [0.29, 0.717) is 0 Å². The maximum absolute atomic E-state index is 11.3. The van der Waals surface area contributed by atoms with Gasteiger partial charge in [-0.05, 0) is 119 Å². The van der Waals surface area contributed by atoms with Gasteiger partial charge in [0.15, 0.2) is 0 Å². The quantitative estimate of drug-likeness (QED) is 0.0956. The van der Waals surface area contributed by atoms with Crippen molar-refractivity contribution in [3.63, 3.8) is 0 Å². The Labute approximate surface area is 348 Å². The molecule has 0 spiro atoms. The number of phenols is 2. The third-order valence-corrected chi connectivity index (χ3v) is 9.62. The molecule has 0 atom stereocenters. The first-order valence-electron chi connectivity index (χ1n) is 19.1. The third-order valence-electron chi connectivity index (χ3n) is 9.62. The minimum absolute atomic E-state index is 0.108. The van der Waals surface area contributed by atoms with Crippen molar-refractivity contribution in [3.8, 4) is 22.6 Å². The van der Waals surface area contributed by atoms with Crippen LogP contribution in [0.4, 0.5) is 34.1 Å². The van der Waals surface area contributed by atoms with Gasteiger partial charge >= 0.3 is 11.9 Å². The van der Waals surface area contributed by atoms with Gasteiger partial charge in [-0.3, -0.25) is 0 Å². The van der Waals surface area contributed by atoms with E-state index in [0.717, 1.165) is 56.4 Å². The fourth-order valence-electron chi connectivity index (χ4n) is 6.65. The van der Waals surface area contributed by atoms with E-state index in [2.05, 4.69) is 70.5 Å². The molecule has 0 saturated carbocycles. The maximum atomic E-state index is 11.3. The van der Waals surface area contributed by atoms with Crippen LogP contribution in [-0.4, -0.2) is 32.4 Å². The van der Waals surface area contributed by atoms with Crippen molar-refractivity contribution >= 4 is 58.2 Å². The molecule has 4 N–H and O–H groups in total. The Bertz CT molecular complexity index is 2630. The smallest absolute Gasteiger partial charge is 0.339 e. The van der Waals surface area contributed by atoms with Gasteiger partial charge in [-0.15, -0.1) is 0 Å². The Morgan fingerprint density at radius 3 is 1.13 bits per heavy atom. The molecule has 8 aromatic rings. The van der Waals surface area contributed by atoms with Crippen molar-refractivity contribution in [3.05, 3.63) is 229 Å². The summed E-state index contributed by atoms with van der Waals surface area (Å²) in [6.45, 7) is 0. The van der Waals surface area contributed by atoms with Crippen LogP contribution in [0, 0.1) is 0 Å². The van der Waals surface area contributed by atoms with Gasteiger partial charge in [0.1, 0.15) is 22.6 Å². The van der Waals surface area contributed by atoms with Crippen molar-refractivity contribution in [2.75, 3.05) is 9.80 Å². The highest BCUT2D eigenvalue weighted by molar-refractivity contribution is 5.93. The number of aromatic carboxylic acids is 2. The SMILES string of the molecule is O=C(O)c1cc(-c2ccc(N(c3ccccc3)c3ccccc3)cc2)ccc1O.O=C(O)c1ccc(C=Cc2ccc(N(c3ccccc3)c3ccccc3)cc2)cc1O. The molecule has 0 saturated heterocycles. The van der Waals surface area contributed by atoms with Gasteiger partial charge < -0.3 is 30.2 Å². The summed E-state index contributed by atoms with van der Waals surface area (Å²) < 4.78 is 0. The van der Waals surface area contributed by atoms with Crippen LogP contribution in [0.5, 0.6) is 11.5 Å². The van der Waals surface area contributed by atoms with Crippen LogP contribution in [0.15, 0.2) is 206 Å². The summed E-state index contributed by atoms with van der Waals surface area (Å²) in [5, 5.41) is 37.8. The lowest BCUT2D eigenvalue weighted by Gasteiger charge is -2.25. The molecule has 0 aromatic heterocycles. The maximum Gasteiger partial charge on any atom is 0.339 e. The highest BCUT2D eigenvalue weighted by atomic mass is 16.4. The van der Waals surface area contributed by atoms with E-state index in [9.17, 15) is 24.9 Å². The number of carbonyl (C=O) groups is 2. The second kappa shape index (κ2) is 18.7. The van der Waals surface area contributed by atoms with Gasteiger partial charge in [0.25, 0.3) is 0 Å². The lowest BCUT2D eigenvalue weighted by molar-refractivity contribution is 0.0682. The number of nitrogens with zero attached hydrogens (tertiary/aromatic N) is 2. The monoisotopic (exact) mass is 788 g/mol. The molecule has 0 bridgehead atoms. The fraction of sp³-hybridized carbons (Fsp3) is 0. The van der Waals surface area contributed by atoms with Crippen LogP contribution >= 0.6 is 0 Å². The predicted molar refractivity (Wildman–Crippen MR) is 240 cm³/mol. The lowest BCUT2D eigenvalue weighted by Crippen LogP contribution is -2.09. The molecule has 8 heteroatoms. The van der Waals surface area contributed by atoms with Gasteiger partial charge in [0, 0.05) is 34.1 Å². The molecule has 8 aromatic carbocycles. The Morgan fingerprint density at radius 1 is 0.350 bits per heavy atom. The Hall–Kier alpha value is -8.36. The highest BCUT2D eigenvalue weighted by Gasteiger charge is 2.15. The third kappa shape index (κ3) is 9.59. The largest absolute Gasteiger partial charge is 0.507 e. The van der Waals surface area contributed by atoms with Gasteiger partial charge in [-0.1, -0.05) is 121 Å². The van der Waals surface area contributed by atoms with Crippen LogP contribution in [-0.2, 0) is 0 Å². The topological polar surface area (TPSA) is 122 Å². The molecule has 0 aliphatic carbocycles. The summed E-state index contributed by atoms with van der Waals surface area (Å²) in [6, 6.07) is 65.8. The van der Waals surface area contributed by atoms with Crippen molar-refractivity contribution in [2.45, 2.75) is 0 Å².